The number of benzene rings is 2. The number of anilines is 1. The Bertz CT molecular complexity index is 933. The van der Waals surface area contributed by atoms with Gasteiger partial charge in [-0.25, -0.2) is 8.42 Å². The maximum atomic E-state index is 12.7. The summed E-state index contributed by atoms with van der Waals surface area (Å²) in [4.78, 5) is 14.6. The molecule has 1 aliphatic rings. The molecule has 1 fully saturated rings. The van der Waals surface area contributed by atoms with Gasteiger partial charge in [0.1, 0.15) is 0 Å². The molecule has 3 rings (SSSR count). The monoisotopic (exact) mass is 387 g/mol. The fourth-order valence-corrected chi connectivity index (χ4v) is 4.62. The standard InChI is InChI=1S/C20H25N3O3S/c1-14-4-5-15(2)19(12-14)27(25,26)22-17-8-6-16(7-9-17)20(24)23(3)18-10-11-21-13-18/h4-9,12,18,21-22H,10-11,13H2,1-3H3. The second-order valence-electron chi connectivity index (χ2n) is 7.01. The summed E-state index contributed by atoms with van der Waals surface area (Å²) in [5.74, 6) is -0.0624. The van der Waals surface area contributed by atoms with Gasteiger partial charge in [0.05, 0.1) is 4.90 Å². The minimum atomic E-state index is -3.68. The van der Waals surface area contributed by atoms with E-state index in [1.54, 1.807) is 55.3 Å². The Hall–Kier alpha value is -2.38. The molecule has 1 heterocycles. The number of hydrogen-bond acceptors (Lipinski definition) is 4. The van der Waals surface area contributed by atoms with Gasteiger partial charge in [-0.05, 0) is 68.3 Å². The third-order valence-corrected chi connectivity index (χ3v) is 6.44. The quantitative estimate of drug-likeness (QED) is 0.826. The van der Waals surface area contributed by atoms with Crippen molar-refractivity contribution < 1.29 is 13.2 Å². The lowest BCUT2D eigenvalue weighted by Crippen LogP contribution is -2.38. The van der Waals surface area contributed by atoms with E-state index >= 15 is 0 Å². The van der Waals surface area contributed by atoms with Crippen LogP contribution >= 0.6 is 0 Å². The van der Waals surface area contributed by atoms with Crippen LogP contribution in [0.15, 0.2) is 47.4 Å². The van der Waals surface area contributed by atoms with Gasteiger partial charge in [0.15, 0.2) is 0 Å². The number of amides is 1. The summed E-state index contributed by atoms with van der Waals surface area (Å²) in [7, 11) is -1.88. The van der Waals surface area contributed by atoms with Crippen LogP contribution in [0.3, 0.4) is 0 Å². The van der Waals surface area contributed by atoms with Gasteiger partial charge in [-0.3, -0.25) is 9.52 Å². The second kappa shape index (κ2) is 7.70. The van der Waals surface area contributed by atoms with E-state index in [0.29, 0.717) is 16.8 Å². The fourth-order valence-electron chi connectivity index (χ4n) is 3.23. The number of nitrogens with zero attached hydrogens (tertiary/aromatic N) is 1. The van der Waals surface area contributed by atoms with Crippen LogP contribution in [0.1, 0.15) is 27.9 Å². The molecule has 1 saturated heterocycles. The molecule has 1 unspecified atom stereocenters. The lowest BCUT2D eigenvalue weighted by molar-refractivity contribution is 0.0744. The summed E-state index contributed by atoms with van der Waals surface area (Å²) in [5.41, 5.74) is 2.54. The second-order valence-corrected chi connectivity index (χ2v) is 8.67. The van der Waals surface area contributed by atoms with Crippen LogP contribution < -0.4 is 10.0 Å². The van der Waals surface area contributed by atoms with Crippen molar-refractivity contribution in [1.29, 1.82) is 0 Å². The summed E-state index contributed by atoms with van der Waals surface area (Å²) in [6.07, 6.45) is 0.940. The van der Waals surface area contributed by atoms with Crippen molar-refractivity contribution in [3.8, 4) is 0 Å². The lowest BCUT2D eigenvalue weighted by Gasteiger charge is -2.23. The number of carbonyl (C=O) groups is 1. The Morgan fingerprint density at radius 3 is 2.48 bits per heavy atom. The van der Waals surface area contributed by atoms with Gasteiger partial charge in [-0.1, -0.05) is 12.1 Å². The molecular weight excluding hydrogens is 362 g/mol. The molecule has 2 aromatic carbocycles. The van der Waals surface area contributed by atoms with Gasteiger partial charge in [0.2, 0.25) is 0 Å². The van der Waals surface area contributed by atoms with Crippen LogP contribution in [0.4, 0.5) is 5.69 Å². The average Bonchev–Trinajstić information content (AvgIpc) is 3.17. The number of sulfonamides is 1. The molecule has 0 bridgehead atoms. The number of nitrogens with one attached hydrogen (secondary N) is 2. The molecule has 0 spiro atoms. The maximum absolute atomic E-state index is 12.7. The van der Waals surface area contributed by atoms with Crippen LogP contribution in [0.2, 0.25) is 0 Å². The van der Waals surface area contributed by atoms with Gasteiger partial charge in [-0.2, -0.15) is 0 Å². The zero-order valence-electron chi connectivity index (χ0n) is 15.8. The molecule has 27 heavy (non-hydrogen) atoms. The lowest BCUT2D eigenvalue weighted by atomic mass is 10.1. The van der Waals surface area contributed by atoms with Crippen molar-refractivity contribution >= 4 is 21.6 Å². The average molecular weight is 388 g/mol. The van der Waals surface area contributed by atoms with Crippen molar-refractivity contribution in [2.75, 3.05) is 24.9 Å². The van der Waals surface area contributed by atoms with Gasteiger partial charge in [-0.15, -0.1) is 0 Å². The molecule has 7 heteroatoms. The molecule has 0 aliphatic carbocycles. The number of likely N-dealkylation sites (N-methyl/N-ethyl adjacent to an activating group) is 1. The van der Waals surface area contributed by atoms with Crippen LogP contribution in [-0.4, -0.2) is 45.4 Å². The zero-order valence-corrected chi connectivity index (χ0v) is 16.6. The van der Waals surface area contributed by atoms with Crippen LogP contribution in [-0.2, 0) is 10.0 Å². The molecule has 0 aromatic heterocycles. The summed E-state index contributed by atoms with van der Waals surface area (Å²) >= 11 is 0. The van der Waals surface area contributed by atoms with Crippen molar-refractivity contribution in [2.24, 2.45) is 0 Å². The Morgan fingerprint density at radius 1 is 1.15 bits per heavy atom. The Morgan fingerprint density at radius 2 is 1.85 bits per heavy atom. The third kappa shape index (κ3) is 4.31. The summed E-state index contributed by atoms with van der Waals surface area (Å²) in [6, 6.07) is 12.1. The Balaban J connectivity index is 1.75. The highest BCUT2D eigenvalue weighted by Gasteiger charge is 2.24. The predicted octanol–water partition coefficient (Wildman–Crippen LogP) is 2.54. The van der Waals surface area contributed by atoms with Crippen LogP contribution in [0.5, 0.6) is 0 Å². The molecule has 0 saturated carbocycles. The van der Waals surface area contributed by atoms with E-state index in [-0.39, 0.29) is 16.8 Å². The number of carbonyl (C=O) groups excluding carboxylic acids is 1. The van der Waals surface area contributed by atoms with E-state index < -0.39 is 10.0 Å². The molecule has 2 N–H and O–H groups in total. The first-order valence-electron chi connectivity index (χ1n) is 8.96. The van der Waals surface area contributed by atoms with E-state index in [9.17, 15) is 13.2 Å². The molecule has 1 aliphatic heterocycles. The first kappa shape index (κ1) is 19.4. The molecule has 144 valence electrons. The highest BCUT2D eigenvalue weighted by Crippen LogP contribution is 2.21. The number of hydrogen-bond donors (Lipinski definition) is 2. The zero-order chi connectivity index (χ0) is 19.6. The van der Waals surface area contributed by atoms with Gasteiger partial charge < -0.3 is 10.2 Å². The number of aryl methyl sites for hydroxylation is 2. The summed E-state index contributed by atoms with van der Waals surface area (Å²) < 4.78 is 28.0. The van der Waals surface area contributed by atoms with Crippen LogP contribution in [0.25, 0.3) is 0 Å². The van der Waals surface area contributed by atoms with Gasteiger partial charge in [0, 0.05) is 30.9 Å². The first-order valence-corrected chi connectivity index (χ1v) is 10.4. The first-order chi connectivity index (χ1) is 12.8. The topological polar surface area (TPSA) is 78.5 Å². The molecule has 1 atom stereocenters. The van der Waals surface area contributed by atoms with E-state index in [1.807, 2.05) is 13.0 Å². The smallest absolute Gasteiger partial charge is 0.262 e. The van der Waals surface area contributed by atoms with Crippen molar-refractivity contribution in [1.82, 2.24) is 10.2 Å². The molecule has 1 amide bonds. The fraction of sp³-hybridized carbons (Fsp3) is 0.350. The highest BCUT2D eigenvalue weighted by atomic mass is 32.2. The van der Waals surface area contributed by atoms with E-state index in [2.05, 4.69) is 10.0 Å². The van der Waals surface area contributed by atoms with E-state index in [1.165, 1.54) is 0 Å². The molecule has 2 aromatic rings. The molecule has 0 radical (unpaired) electrons. The normalized spacial score (nSPS) is 16.9. The van der Waals surface area contributed by atoms with Gasteiger partial charge >= 0.3 is 0 Å². The molecule has 6 nitrogen and oxygen atoms in total. The van der Waals surface area contributed by atoms with Crippen LogP contribution in [0, 0.1) is 13.8 Å². The summed E-state index contributed by atoms with van der Waals surface area (Å²) in [5, 5.41) is 3.25. The van der Waals surface area contributed by atoms with E-state index in [0.717, 1.165) is 25.1 Å². The molecular formula is C20H25N3O3S. The van der Waals surface area contributed by atoms with Crippen molar-refractivity contribution in [3.63, 3.8) is 0 Å². The predicted molar refractivity (Wildman–Crippen MR) is 107 cm³/mol. The van der Waals surface area contributed by atoms with E-state index in [4.69, 9.17) is 0 Å². The third-order valence-electron chi connectivity index (χ3n) is 4.92. The summed E-state index contributed by atoms with van der Waals surface area (Å²) in [6.45, 7) is 5.34. The maximum Gasteiger partial charge on any atom is 0.262 e. The Kier molecular flexibility index (Phi) is 5.53. The van der Waals surface area contributed by atoms with Gasteiger partial charge in [0.25, 0.3) is 15.9 Å². The van der Waals surface area contributed by atoms with Crippen molar-refractivity contribution in [2.45, 2.75) is 31.2 Å². The SMILES string of the molecule is Cc1ccc(C)c(S(=O)(=O)Nc2ccc(C(=O)N(C)C3CCNC3)cc2)c1. The highest BCUT2D eigenvalue weighted by molar-refractivity contribution is 7.92. The van der Waals surface area contributed by atoms with Crippen molar-refractivity contribution in [3.05, 3.63) is 59.2 Å². The largest absolute Gasteiger partial charge is 0.337 e. The minimum Gasteiger partial charge on any atom is -0.337 e. The minimum absolute atomic E-state index is 0.0624. The number of rotatable bonds is 5. The Labute approximate surface area is 160 Å².